The van der Waals surface area contributed by atoms with E-state index in [4.69, 9.17) is 16.0 Å². The van der Waals surface area contributed by atoms with Gasteiger partial charge in [0.15, 0.2) is 5.58 Å². The number of halogens is 4. The fourth-order valence-corrected chi connectivity index (χ4v) is 3.42. The molecule has 0 spiro atoms. The van der Waals surface area contributed by atoms with Crippen molar-refractivity contribution < 1.29 is 17.6 Å². The van der Waals surface area contributed by atoms with Crippen molar-refractivity contribution in [3.8, 4) is 5.69 Å². The minimum absolute atomic E-state index is 0.00570. The first-order valence-corrected chi connectivity index (χ1v) is 8.41. The van der Waals surface area contributed by atoms with E-state index >= 15 is 0 Å². The Morgan fingerprint density at radius 2 is 2.19 bits per heavy atom. The molecule has 1 N–H and O–H groups in total. The number of nitrogens with one attached hydrogen (secondary N) is 1. The van der Waals surface area contributed by atoms with E-state index in [1.165, 1.54) is 16.9 Å². The maximum absolute atomic E-state index is 13.6. The van der Waals surface area contributed by atoms with Crippen molar-refractivity contribution in [1.82, 2.24) is 20.1 Å². The molecule has 10 heteroatoms. The predicted octanol–water partition coefficient (Wildman–Crippen LogP) is 3.48. The van der Waals surface area contributed by atoms with Crippen molar-refractivity contribution in [2.24, 2.45) is 0 Å². The van der Waals surface area contributed by atoms with Gasteiger partial charge in [0.2, 0.25) is 0 Å². The number of alkyl halides is 3. The molecule has 138 valence electrons. The summed E-state index contributed by atoms with van der Waals surface area (Å²) in [5.74, 6) is 0. The van der Waals surface area contributed by atoms with Gasteiger partial charge in [0.25, 0.3) is 6.01 Å². The van der Waals surface area contributed by atoms with Crippen LogP contribution >= 0.6 is 11.6 Å². The Morgan fingerprint density at radius 1 is 1.38 bits per heavy atom. The molecule has 0 amide bonds. The van der Waals surface area contributed by atoms with Crippen molar-refractivity contribution >= 4 is 28.7 Å². The summed E-state index contributed by atoms with van der Waals surface area (Å²) < 4.78 is 47.9. The van der Waals surface area contributed by atoms with E-state index in [0.29, 0.717) is 25.3 Å². The smallest absolute Gasteiger partial charge is 0.420 e. The van der Waals surface area contributed by atoms with Gasteiger partial charge >= 0.3 is 6.18 Å². The van der Waals surface area contributed by atoms with Gasteiger partial charge in [-0.05, 0) is 19.1 Å². The van der Waals surface area contributed by atoms with E-state index in [0.717, 1.165) is 0 Å². The summed E-state index contributed by atoms with van der Waals surface area (Å²) in [6, 6.07) is 3.05. The molecule has 0 radical (unpaired) electrons. The third kappa shape index (κ3) is 2.80. The molecule has 0 aliphatic carbocycles. The van der Waals surface area contributed by atoms with E-state index in [-0.39, 0.29) is 23.2 Å². The molecule has 6 nitrogen and oxygen atoms in total. The molecule has 1 saturated heterocycles. The summed E-state index contributed by atoms with van der Waals surface area (Å²) in [5, 5.41) is 6.85. The molecule has 2 aromatic heterocycles. The number of hydrogen-bond donors (Lipinski definition) is 1. The van der Waals surface area contributed by atoms with Gasteiger partial charge in [0, 0.05) is 38.1 Å². The molecule has 0 unspecified atom stereocenters. The summed E-state index contributed by atoms with van der Waals surface area (Å²) in [7, 11) is 0. The van der Waals surface area contributed by atoms with Crippen molar-refractivity contribution in [3.63, 3.8) is 0 Å². The van der Waals surface area contributed by atoms with Gasteiger partial charge in [0.05, 0.1) is 5.02 Å². The van der Waals surface area contributed by atoms with E-state index < -0.39 is 16.8 Å². The second-order valence-corrected chi connectivity index (χ2v) is 6.53. The van der Waals surface area contributed by atoms with Gasteiger partial charge in [-0.15, -0.1) is 0 Å². The van der Waals surface area contributed by atoms with Gasteiger partial charge in [0.1, 0.15) is 16.8 Å². The van der Waals surface area contributed by atoms with Crippen LogP contribution in [0.4, 0.5) is 19.2 Å². The summed E-state index contributed by atoms with van der Waals surface area (Å²) in [6.07, 6.45) is -1.53. The highest BCUT2D eigenvalue weighted by atomic mass is 35.5. The van der Waals surface area contributed by atoms with Gasteiger partial charge in [-0.25, -0.2) is 4.68 Å². The molecule has 26 heavy (non-hydrogen) atoms. The van der Waals surface area contributed by atoms with Crippen molar-refractivity contribution in [2.75, 3.05) is 24.5 Å². The number of benzene rings is 1. The largest absolute Gasteiger partial charge is 0.421 e. The summed E-state index contributed by atoms with van der Waals surface area (Å²) >= 11 is 5.97. The van der Waals surface area contributed by atoms with Gasteiger partial charge in [-0.3, -0.25) is 0 Å². The first kappa shape index (κ1) is 17.2. The number of rotatable bonds is 2. The maximum atomic E-state index is 13.6. The van der Waals surface area contributed by atoms with Crippen LogP contribution in [0.25, 0.3) is 16.8 Å². The lowest BCUT2D eigenvalue weighted by atomic mass is 10.1. The molecule has 4 rings (SSSR count). The van der Waals surface area contributed by atoms with Gasteiger partial charge < -0.3 is 14.6 Å². The number of oxazole rings is 1. The van der Waals surface area contributed by atoms with Crippen LogP contribution < -0.4 is 10.2 Å². The molecule has 3 heterocycles. The summed E-state index contributed by atoms with van der Waals surface area (Å²) in [6.45, 7) is 3.92. The van der Waals surface area contributed by atoms with E-state index in [1.807, 2.05) is 11.8 Å². The monoisotopic (exact) mass is 385 g/mol. The van der Waals surface area contributed by atoms with Crippen LogP contribution in [0, 0.1) is 0 Å². The summed E-state index contributed by atoms with van der Waals surface area (Å²) in [4.78, 5) is 6.02. The highest BCUT2D eigenvalue weighted by molar-refractivity contribution is 6.32. The van der Waals surface area contributed by atoms with E-state index in [9.17, 15) is 13.2 Å². The molecule has 1 fully saturated rings. The molecular formula is C16H15ClF3N5O. The Bertz CT molecular complexity index is 938. The van der Waals surface area contributed by atoms with E-state index in [1.54, 1.807) is 12.3 Å². The number of anilines is 1. The minimum atomic E-state index is -4.65. The third-order valence-electron chi connectivity index (χ3n) is 4.37. The fourth-order valence-electron chi connectivity index (χ4n) is 3.12. The van der Waals surface area contributed by atoms with Crippen molar-refractivity contribution in [2.45, 2.75) is 19.1 Å². The first-order valence-electron chi connectivity index (χ1n) is 8.04. The highest BCUT2D eigenvalue weighted by Gasteiger charge is 2.39. The number of aromatic nitrogens is 3. The SMILES string of the molecule is C[C@H]1CNCCN1c1nc2c(C(F)(F)F)c(Cl)cc(-n3cccn3)c2o1. The zero-order chi connectivity index (χ0) is 18.5. The zero-order valence-electron chi connectivity index (χ0n) is 13.7. The molecule has 1 aliphatic heterocycles. The van der Waals surface area contributed by atoms with Crippen LogP contribution in [-0.4, -0.2) is 40.4 Å². The maximum Gasteiger partial charge on any atom is 0.420 e. The number of hydrogen-bond acceptors (Lipinski definition) is 5. The first-order chi connectivity index (χ1) is 12.4. The standard InChI is InChI=1S/C16H15ClF3N5O/c1-9-8-21-4-6-24(9)15-23-13-12(16(18,19)20)10(17)7-11(14(13)26-15)25-5-2-3-22-25/h2-3,5,7,9,21H,4,6,8H2,1H3/t9-/m0/s1. The quantitative estimate of drug-likeness (QED) is 0.732. The zero-order valence-corrected chi connectivity index (χ0v) is 14.5. The van der Waals surface area contributed by atoms with Crippen LogP contribution in [0.15, 0.2) is 28.9 Å². The van der Waals surface area contributed by atoms with E-state index in [2.05, 4.69) is 15.4 Å². The molecular weight excluding hydrogens is 371 g/mol. The number of nitrogens with zero attached hydrogens (tertiary/aromatic N) is 4. The molecule has 0 saturated carbocycles. The Kier molecular flexibility index (Phi) is 4.07. The molecule has 0 bridgehead atoms. The van der Waals surface area contributed by atoms with Crippen LogP contribution in [-0.2, 0) is 6.18 Å². The topological polar surface area (TPSA) is 59.1 Å². The van der Waals surface area contributed by atoms with Gasteiger partial charge in [-0.1, -0.05) is 11.6 Å². The van der Waals surface area contributed by atoms with Crippen molar-refractivity contribution in [1.29, 1.82) is 0 Å². The Balaban J connectivity index is 1.97. The Hall–Kier alpha value is -2.26. The molecule has 1 aromatic carbocycles. The predicted molar refractivity (Wildman–Crippen MR) is 90.8 cm³/mol. The van der Waals surface area contributed by atoms with Gasteiger partial charge in [-0.2, -0.15) is 23.3 Å². The minimum Gasteiger partial charge on any atom is -0.421 e. The Morgan fingerprint density at radius 3 is 2.85 bits per heavy atom. The molecule has 1 aliphatic rings. The Labute approximate surface area is 151 Å². The average Bonchev–Trinajstić information content (AvgIpc) is 3.22. The van der Waals surface area contributed by atoms with Crippen LogP contribution in [0.5, 0.6) is 0 Å². The normalized spacial score (nSPS) is 18.7. The number of piperazine rings is 1. The molecule has 1 atom stereocenters. The second kappa shape index (κ2) is 6.17. The second-order valence-electron chi connectivity index (χ2n) is 6.12. The van der Waals surface area contributed by atoms with Crippen LogP contribution in [0.2, 0.25) is 5.02 Å². The summed E-state index contributed by atoms with van der Waals surface area (Å²) in [5.41, 5.74) is -0.991. The van der Waals surface area contributed by atoms with Crippen LogP contribution in [0.3, 0.4) is 0 Å². The average molecular weight is 386 g/mol. The fraction of sp³-hybridized carbons (Fsp3) is 0.375. The highest BCUT2D eigenvalue weighted by Crippen LogP contribution is 2.43. The third-order valence-corrected chi connectivity index (χ3v) is 4.67. The molecule has 3 aromatic rings. The lowest BCUT2D eigenvalue weighted by Gasteiger charge is -2.32. The van der Waals surface area contributed by atoms with Crippen molar-refractivity contribution in [3.05, 3.63) is 35.1 Å². The van der Waals surface area contributed by atoms with Crippen LogP contribution in [0.1, 0.15) is 12.5 Å². The lowest BCUT2D eigenvalue weighted by Crippen LogP contribution is -2.50. The number of fused-ring (bicyclic) bond motifs is 1. The lowest BCUT2D eigenvalue weighted by molar-refractivity contribution is -0.136.